The van der Waals surface area contributed by atoms with Gasteiger partial charge < -0.3 is 10.1 Å². The van der Waals surface area contributed by atoms with Crippen molar-refractivity contribution in [2.24, 2.45) is 0 Å². The van der Waals surface area contributed by atoms with Crippen LogP contribution in [0.4, 0.5) is 0 Å². The predicted octanol–water partition coefficient (Wildman–Crippen LogP) is 3.46. The minimum atomic E-state index is 0.739. The van der Waals surface area contributed by atoms with Crippen molar-refractivity contribution in [3.8, 4) is 0 Å². The summed E-state index contributed by atoms with van der Waals surface area (Å²) in [4.78, 5) is 1.39. The van der Waals surface area contributed by atoms with Crippen molar-refractivity contribution in [2.75, 3.05) is 19.8 Å². The highest BCUT2D eigenvalue weighted by Gasteiger charge is 2.14. The molecule has 0 aromatic heterocycles. The number of nitrogens with one attached hydrogen (secondary N) is 1. The Morgan fingerprint density at radius 1 is 1.22 bits per heavy atom. The van der Waals surface area contributed by atoms with E-state index in [9.17, 15) is 0 Å². The molecule has 1 fully saturated rings. The van der Waals surface area contributed by atoms with Gasteiger partial charge in [0, 0.05) is 29.9 Å². The number of rotatable bonds is 6. The number of thioether (sulfide) groups is 1. The maximum Gasteiger partial charge on any atom is 0.0476 e. The number of benzene rings is 1. The van der Waals surface area contributed by atoms with Crippen LogP contribution in [0.1, 0.15) is 31.7 Å². The van der Waals surface area contributed by atoms with Gasteiger partial charge in [-0.3, -0.25) is 0 Å². The van der Waals surface area contributed by atoms with Gasteiger partial charge in [0.2, 0.25) is 0 Å². The summed E-state index contributed by atoms with van der Waals surface area (Å²) < 4.78 is 5.39. The van der Waals surface area contributed by atoms with Crippen molar-refractivity contribution >= 4 is 11.8 Å². The fourth-order valence-corrected chi connectivity index (χ4v) is 3.19. The lowest BCUT2D eigenvalue weighted by molar-refractivity contribution is 0.100. The van der Waals surface area contributed by atoms with E-state index >= 15 is 0 Å². The average Bonchev–Trinajstić information content (AvgIpc) is 2.42. The van der Waals surface area contributed by atoms with Gasteiger partial charge in [-0.25, -0.2) is 0 Å². The van der Waals surface area contributed by atoms with Gasteiger partial charge in [-0.05, 0) is 43.5 Å². The first-order chi connectivity index (χ1) is 8.88. The van der Waals surface area contributed by atoms with Gasteiger partial charge in [0.1, 0.15) is 0 Å². The molecule has 0 radical (unpaired) electrons. The Balaban J connectivity index is 1.79. The van der Waals surface area contributed by atoms with Gasteiger partial charge in [0.05, 0.1) is 0 Å². The van der Waals surface area contributed by atoms with E-state index in [0.29, 0.717) is 0 Å². The molecule has 1 N–H and O–H groups in total. The van der Waals surface area contributed by atoms with Crippen LogP contribution in [0.25, 0.3) is 0 Å². The summed E-state index contributed by atoms with van der Waals surface area (Å²) in [5.74, 6) is 0. The lowest BCUT2D eigenvalue weighted by atomic mass is 10.2. The summed E-state index contributed by atoms with van der Waals surface area (Å²) in [6, 6.07) is 8.99. The van der Waals surface area contributed by atoms with Crippen molar-refractivity contribution < 1.29 is 4.74 Å². The summed E-state index contributed by atoms with van der Waals surface area (Å²) in [5, 5.41) is 4.17. The van der Waals surface area contributed by atoms with E-state index in [1.807, 2.05) is 11.8 Å². The molecule has 1 heterocycles. The van der Waals surface area contributed by atoms with Crippen LogP contribution in [0.5, 0.6) is 0 Å². The average molecular weight is 265 g/mol. The molecule has 100 valence electrons. The summed E-state index contributed by atoms with van der Waals surface area (Å²) in [7, 11) is 0. The first kappa shape index (κ1) is 13.9. The van der Waals surface area contributed by atoms with Crippen LogP contribution < -0.4 is 5.32 Å². The minimum Gasteiger partial charge on any atom is -0.381 e. The highest BCUT2D eigenvalue weighted by atomic mass is 32.2. The van der Waals surface area contributed by atoms with E-state index in [1.165, 1.54) is 29.7 Å². The molecule has 2 rings (SSSR count). The molecular formula is C15H23NOS. The molecular weight excluding hydrogens is 242 g/mol. The van der Waals surface area contributed by atoms with E-state index in [2.05, 4.69) is 36.5 Å². The molecule has 0 bridgehead atoms. The lowest BCUT2D eigenvalue weighted by Gasteiger charge is -2.21. The molecule has 1 aliphatic rings. The van der Waals surface area contributed by atoms with Crippen LogP contribution in [0.3, 0.4) is 0 Å². The van der Waals surface area contributed by atoms with Crippen molar-refractivity contribution in [3.63, 3.8) is 0 Å². The highest BCUT2D eigenvalue weighted by molar-refractivity contribution is 8.00. The SMILES string of the molecule is CCCNCc1ccc(SC2CCOCC2)cc1. The molecule has 18 heavy (non-hydrogen) atoms. The second-order valence-corrected chi connectivity index (χ2v) is 6.12. The van der Waals surface area contributed by atoms with E-state index < -0.39 is 0 Å². The van der Waals surface area contributed by atoms with E-state index in [1.54, 1.807) is 0 Å². The Hall–Kier alpha value is -0.510. The summed E-state index contributed by atoms with van der Waals surface area (Å²) >= 11 is 2.00. The molecule has 0 saturated carbocycles. The molecule has 0 aliphatic carbocycles. The van der Waals surface area contributed by atoms with Crippen LogP contribution in [-0.4, -0.2) is 25.0 Å². The predicted molar refractivity (Wildman–Crippen MR) is 78.1 cm³/mol. The third-order valence-electron chi connectivity index (χ3n) is 3.15. The molecule has 1 aliphatic heterocycles. The summed E-state index contributed by atoms with van der Waals surface area (Å²) in [5.41, 5.74) is 1.37. The molecule has 2 nitrogen and oxygen atoms in total. The maximum atomic E-state index is 5.39. The van der Waals surface area contributed by atoms with E-state index in [-0.39, 0.29) is 0 Å². The van der Waals surface area contributed by atoms with Crippen molar-refractivity contribution in [2.45, 2.75) is 42.9 Å². The van der Waals surface area contributed by atoms with Crippen molar-refractivity contribution in [3.05, 3.63) is 29.8 Å². The normalized spacial score (nSPS) is 16.9. The fraction of sp³-hybridized carbons (Fsp3) is 0.600. The number of hydrogen-bond donors (Lipinski definition) is 1. The Morgan fingerprint density at radius 2 is 1.94 bits per heavy atom. The first-order valence-corrected chi connectivity index (χ1v) is 7.80. The smallest absolute Gasteiger partial charge is 0.0476 e. The van der Waals surface area contributed by atoms with Crippen LogP contribution in [0, 0.1) is 0 Å². The molecule has 0 unspecified atom stereocenters. The highest BCUT2D eigenvalue weighted by Crippen LogP contribution is 2.29. The molecule has 1 aromatic carbocycles. The Labute approximate surface area is 114 Å². The third kappa shape index (κ3) is 4.63. The lowest BCUT2D eigenvalue weighted by Crippen LogP contribution is -2.17. The maximum absolute atomic E-state index is 5.39. The zero-order valence-electron chi connectivity index (χ0n) is 11.2. The zero-order chi connectivity index (χ0) is 12.6. The van der Waals surface area contributed by atoms with Gasteiger partial charge in [-0.15, -0.1) is 11.8 Å². The molecule has 0 atom stereocenters. The molecule has 1 saturated heterocycles. The topological polar surface area (TPSA) is 21.3 Å². The van der Waals surface area contributed by atoms with E-state index in [4.69, 9.17) is 4.74 Å². The Morgan fingerprint density at radius 3 is 2.61 bits per heavy atom. The largest absolute Gasteiger partial charge is 0.381 e. The molecule has 0 spiro atoms. The van der Waals surface area contributed by atoms with Gasteiger partial charge in [0.15, 0.2) is 0 Å². The van der Waals surface area contributed by atoms with Gasteiger partial charge >= 0.3 is 0 Å². The van der Waals surface area contributed by atoms with Crippen LogP contribution >= 0.6 is 11.8 Å². The number of ether oxygens (including phenoxy) is 1. The zero-order valence-corrected chi connectivity index (χ0v) is 12.0. The second-order valence-electron chi connectivity index (χ2n) is 4.75. The van der Waals surface area contributed by atoms with Crippen LogP contribution in [0.2, 0.25) is 0 Å². The van der Waals surface area contributed by atoms with Crippen molar-refractivity contribution in [1.82, 2.24) is 5.32 Å². The summed E-state index contributed by atoms with van der Waals surface area (Å²) in [6.07, 6.45) is 3.56. The standard InChI is InChI=1S/C15H23NOS/c1-2-9-16-12-13-3-5-14(6-4-13)18-15-7-10-17-11-8-15/h3-6,15-16H,2,7-12H2,1H3. The Bertz CT molecular complexity index is 333. The van der Waals surface area contributed by atoms with Crippen molar-refractivity contribution in [1.29, 1.82) is 0 Å². The van der Waals surface area contributed by atoms with Gasteiger partial charge in [0.25, 0.3) is 0 Å². The number of hydrogen-bond acceptors (Lipinski definition) is 3. The quantitative estimate of drug-likeness (QED) is 0.796. The second kappa shape index (κ2) is 7.82. The third-order valence-corrected chi connectivity index (χ3v) is 4.50. The first-order valence-electron chi connectivity index (χ1n) is 6.92. The van der Waals surface area contributed by atoms with Crippen LogP contribution in [0.15, 0.2) is 29.2 Å². The molecule has 3 heteroatoms. The molecule has 0 amide bonds. The van der Waals surface area contributed by atoms with E-state index in [0.717, 1.165) is 31.6 Å². The van der Waals surface area contributed by atoms with Gasteiger partial charge in [-0.2, -0.15) is 0 Å². The summed E-state index contributed by atoms with van der Waals surface area (Å²) in [6.45, 7) is 6.13. The fourth-order valence-electron chi connectivity index (χ4n) is 2.08. The minimum absolute atomic E-state index is 0.739. The van der Waals surface area contributed by atoms with Crippen LogP contribution in [-0.2, 0) is 11.3 Å². The molecule has 1 aromatic rings. The Kier molecular flexibility index (Phi) is 6.05. The van der Waals surface area contributed by atoms with Gasteiger partial charge in [-0.1, -0.05) is 19.1 Å². The monoisotopic (exact) mass is 265 g/mol.